The zero-order valence-corrected chi connectivity index (χ0v) is 28.0. The fourth-order valence-corrected chi connectivity index (χ4v) is 6.66. The van der Waals surface area contributed by atoms with Crippen LogP contribution in [-0.2, 0) is 16.1 Å². The molecule has 1 saturated carbocycles. The zero-order chi connectivity index (χ0) is 35.6. The van der Waals surface area contributed by atoms with E-state index >= 15 is 0 Å². The fourth-order valence-electron chi connectivity index (χ4n) is 6.66. The van der Waals surface area contributed by atoms with E-state index in [1.54, 1.807) is 48.0 Å². The third-order valence-corrected chi connectivity index (χ3v) is 9.41. The number of ether oxygens (including phenoxy) is 2. The van der Waals surface area contributed by atoms with Crippen molar-refractivity contribution in [2.24, 2.45) is 5.92 Å². The Balaban J connectivity index is 1.13. The van der Waals surface area contributed by atoms with Gasteiger partial charge in [-0.1, -0.05) is 18.2 Å². The van der Waals surface area contributed by atoms with Crippen LogP contribution in [0.5, 0.6) is 11.5 Å². The molecule has 3 aromatic rings. The van der Waals surface area contributed by atoms with Gasteiger partial charge in [-0.15, -0.1) is 13.2 Å². The Morgan fingerprint density at radius 3 is 2.36 bits per heavy atom. The van der Waals surface area contributed by atoms with Gasteiger partial charge in [0.05, 0.1) is 12.1 Å². The van der Waals surface area contributed by atoms with Crippen molar-refractivity contribution in [2.45, 2.75) is 64.1 Å². The number of aromatic amines is 1. The van der Waals surface area contributed by atoms with Gasteiger partial charge in [-0.3, -0.25) is 14.7 Å². The normalized spacial score (nSPS) is 18.5. The van der Waals surface area contributed by atoms with Gasteiger partial charge in [0.1, 0.15) is 11.5 Å². The third-order valence-electron chi connectivity index (χ3n) is 9.41. The molecule has 15 heteroatoms. The maximum absolute atomic E-state index is 14.1. The molecule has 1 unspecified atom stereocenters. The highest BCUT2D eigenvalue weighted by molar-refractivity contribution is 5.85. The number of carbonyl (C=O) groups is 3. The summed E-state index contributed by atoms with van der Waals surface area (Å²) < 4.78 is 51.0. The number of hydrogen-bond donors (Lipinski definition) is 2. The second-order valence-corrected chi connectivity index (χ2v) is 13.5. The molecule has 50 heavy (non-hydrogen) atoms. The van der Waals surface area contributed by atoms with Crippen molar-refractivity contribution in [1.29, 1.82) is 0 Å². The standard InChI is InChI=1S/C35H41F3N6O6/c1-34(2,32(46)41-13-15-42(16-14-41)33(47)48)49-29-7-3-6-28(18-29)43-12-4-5-25(21-43)31(45)44(27-10-11-27)22-24-9-8-23(26-19-39-40-20-26)17-30(24)50-35(36,37)38/h3,6-9,17-20,25,27H,4-5,10-16,21-22H2,1-2H3,(H,39,40)(H,47,48). The lowest BCUT2D eigenvalue weighted by molar-refractivity contribution is -0.275. The Labute approximate surface area is 287 Å². The van der Waals surface area contributed by atoms with Crippen LogP contribution in [-0.4, -0.2) is 105 Å². The molecule has 2 N–H and O–H groups in total. The second kappa shape index (κ2) is 14.1. The average Bonchev–Trinajstić information content (AvgIpc) is 3.78. The molecule has 2 saturated heterocycles. The fraction of sp³-hybridized carbons (Fsp3) is 0.486. The van der Waals surface area contributed by atoms with Crippen molar-refractivity contribution in [3.63, 3.8) is 0 Å². The van der Waals surface area contributed by atoms with E-state index in [0.29, 0.717) is 36.4 Å². The molecule has 0 bridgehead atoms. The van der Waals surface area contributed by atoms with Gasteiger partial charge < -0.3 is 34.2 Å². The summed E-state index contributed by atoms with van der Waals surface area (Å²) in [5.74, 6) is -0.573. The van der Waals surface area contributed by atoms with Gasteiger partial charge in [-0.05, 0) is 63.3 Å². The number of carboxylic acid groups (broad SMARTS) is 1. The van der Waals surface area contributed by atoms with E-state index in [1.807, 2.05) is 18.2 Å². The number of halogens is 3. The first-order chi connectivity index (χ1) is 23.8. The molecule has 3 fully saturated rings. The Hall–Kier alpha value is -4.95. The number of aromatic nitrogens is 2. The number of rotatable bonds is 10. The summed E-state index contributed by atoms with van der Waals surface area (Å²) in [6.07, 6.45) is 0.147. The molecule has 1 atom stereocenters. The molecular weight excluding hydrogens is 657 g/mol. The predicted octanol–water partition coefficient (Wildman–Crippen LogP) is 5.36. The average molecular weight is 699 g/mol. The summed E-state index contributed by atoms with van der Waals surface area (Å²) >= 11 is 0. The number of hydrogen-bond acceptors (Lipinski definition) is 7. The lowest BCUT2D eigenvalue weighted by Gasteiger charge is -2.38. The first-order valence-electron chi connectivity index (χ1n) is 16.8. The van der Waals surface area contributed by atoms with Gasteiger partial charge in [0.2, 0.25) is 5.91 Å². The number of alkyl halides is 3. The molecule has 2 aliphatic heterocycles. The first-order valence-corrected chi connectivity index (χ1v) is 16.8. The Bertz CT molecular complexity index is 1690. The number of nitrogens with zero attached hydrogens (tertiary/aromatic N) is 5. The summed E-state index contributed by atoms with van der Waals surface area (Å²) in [6, 6.07) is 11.9. The quantitative estimate of drug-likeness (QED) is 0.289. The zero-order valence-electron chi connectivity index (χ0n) is 28.0. The molecule has 3 aliphatic rings. The van der Waals surface area contributed by atoms with Crippen molar-refractivity contribution in [2.75, 3.05) is 44.2 Å². The largest absolute Gasteiger partial charge is 0.573 e. The highest BCUT2D eigenvalue weighted by Crippen LogP contribution is 2.37. The van der Waals surface area contributed by atoms with E-state index in [0.717, 1.165) is 24.9 Å². The molecule has 6 rings (SSSR count). The van der Waals surface area contributed by atoms with Gasteiger partial charge >= 0.3 is 12.5 Å². The maximum atomic E-state index is 14.1. The van der Waals surface area contributed by atoms with Crippen molar-refractivity contribution in [1.82, 2.24) is 24.9 Å². The lowest BCUT2D eigenvalue weighted by Crippen LogP contribution is -2.56. The summed E-state index contributed by atoms with van der Waals surface area (Å²) in [4.78, 5) is 45.4. The predicted molar refractivity (Wildman–Crippen MR) is 177 cm³/mol. The van der Waals surface area contributed by atoms with E-state index in [4.69, 9.17) is 4.74 Å². The SMILES string of the molecule is CC(C)(Oc1cccc(N2CCCC(C(=O)N(Cc3ccc(-c4cn[nH]c4)cc3OC(F)(F)F)C3CC3)C2)c1)C(=O)N1CCN(C(=O)O)CC1. The molecule has 1 aliphatic carbocycles. The molecule has 12 nitrogen and oxygen atoms in total. The van der Waals surface area contributed by atoms with Crippen molar-refractivity contribution in [3.05, 3.63) is 60.4 Å². The van der Waals surface area contributed by atoms with Crippen LogP contribution in [0.2, 0.25) is 0 Å². The van der Waals surface area contributed by atoms with Crippen molar-refractivity contribution >= 4 is 23.6 Å². The Morgan fingerprint density at radius 2 is 1.70 bits per heavy atom. The van der Waals surface area contributed by atoms with Crippen LogP contribution in [0, 0.1) is 5.92 Å². The monoisotopic (exact) mass is 698 g/mol. The Kier molecular flexibility index (Phi) is 9.85. The summed E-state index contributed by atoms with van der Waals surface area (Å²) in [7, 11) is 0. The van der Waals surface area contributed by atoms with E-state index < -0.39 is 18.1 Å². The van der Waals surface area contributed by atoms with Gasteiger partial charge in [0.25, 0.3) is 5.91 Å². The van der Waals surface area contributed by atoms with Crippen LogP contribution in [0.1, 0.15) is 45.1 Å². The van der Waals surface area contributed by atoms with E-state index in [1.165, 1.54) is 17.2 Å². The van der Waals surface area contributed by atoms with Crippen LogP contribution in [0.3, 0.4) is 0 Å². The third kappa shape index (κ3) is 8.25. The number of piperidine rings is 1. The number of H-pyrrole nitrogens is 1. The van der Waals surface area contributed by atoms with Gasteiger partial charge in [0.15, 0.2) is 5.60 Å². The van der Waals surface area contributed by atoms with E-state index in [-0.39, 0.29) is 67.8 Å². The van der Waals surface area contributed by atoms with Crippen molar-refractivity contribution in [3.8, 4) is 22.6 Å². The number of carbonyl (C=O) groups excluding carboxylic acids is 2. The summed E-state index contributed by atoms with van der Waals surface area (Å²) in [5, 5.41) is 15.8. The van der Waals surface area contributed by atoms with Crippen LogP contribution in [0.4, 0.5) is 23.7 Å². The summed E-state index contributed by atoms with van der Waals surface area (Å²) in [5.41, 5.74) is 1.01. The molecule has 3 amide bonds. The van der Waals surface area contributed by atoms with E-state index in [9.17, 15) is 32.7 Å². The van der Waals surface area contributed by atoms with E-state index in [2.05, 4.69) is 19.8 Å². The van der Waals surface area contributed by atoms with Gasteiger partial charge in [-0.2, -0.15) is 5.10 Å². The first kappa shape index (κ1) is 34.9. The molecule has 0 radical (unpaired) electrons. The van der Waals surface area contributed by atoms with Crippen LogP contribution < -0.4 is 14.4 Å². The van der Waals surface area contributed by atoms with Crippen LogP contribution in [0.25, 0.3) is 11.1 Å². The molecule has 268 valence electrons. The van der Waals surface area contributed by atoms with Crippen molar-refractivity contribution < 1.29 is 42.1 Å². The summed E-state index contributed by atoms with van der Waals surface area (Å²) in [6.45, 7) is 5.53. The molecular formula is C35H41F3N6O6. The molecule has 0 spiro atoms. The topological polar surface area (TPSA) is 132 Å². The van der Waals surface area contributed by atoms with Gasteiger partial charge in [-0.25, -0.2) is 4.79 Å². The number of benzene rings is 2. The number of anilines is 1. The highest BCUT2D eigenvalue weighted by Gasteiger charge is 2.40. The number of amides is 3. The Morgan fingerprint density at radius 1 is 0.960 bits per heavy atom. The molecule has 3 heterocycles. The number of piperazine rings is 1. The minimum atomic E-state index is -4.90. The highest BCUT2D eigenvalue weighted by atomic mass is 19.4. The minimum absolute atomic E-state index is 0.00509. The van der Waals surface area contributed by atoms with Crippen LogP contribution >= 0.6 is 0 Å². The second-order valence-electron chi connectivity index (χ2n) is 13.5. The molecule has 1 aromatic heterocycles. The lowest BCUT2D eigenvalue weighted by atomic mass is 9.95. The number of nitrogens with one attached hydrogen (secondary N) is 1. The maximum Gasteiger partial charge on any atom is 0.573 e. The van der Waals surface area contributed by atoms with Gasteiger partial charge in [0, 0.05) is 80.9 Å². The smallest absolute Gasteiger partial charge is 0.478 e. The minimum Gasteiger partial charge on any atom is -0.478 e. The molecule has 2 aromatic carbocycles. The van der Waals surface area contributed by atoms with Crippen LogP contribution in [0.15, 0.2) is 54.9 Å².